The predicted molar refractivity (Wildman–Crippen MR) is 115 cm³/mol. The highest BCUT2D eigenvalue weighted by molar-refractivity contribution is 5.94. The topological polar surface area (TPSA) is 55.8 Å². The van der Waals surface area contributed by atoms with Crippen LogP contribution in [0.4, 0.5) is 8.78 Å². The highest BCUT2D eigenvalue weighted by atomic mass is 19.2. The molecule has 166 valence electrons. The van der Waals surface area contributed by atoms with Gasteiger partial charge in [0.15, 0.2) is 11.6 Å². The molecule has 2 aromatic rings. The summed E-state index contributed by atoms with van der Waals surface area (Å²) in [5.41, 5.74) is 1.45. The molecule has 2 N–H and O–H groups in total. The maximum atomic E-state index is 13.3. The van der Waals surface area contributed by atoms with Gasteiger partial charge in [0, 0.05) is 24.7 Å². The molecule has 0 aliphatic carbocycles. The van der Waals surface area contributed by atoms with Gasteiger partial charge in [-0.2, -0.15) is 0 Å². The van der Waals surface area contributed by atoms with Crippen molar-refractivity contribution < 1.29 is 18.7 Å². The SMILES string of the molecule is O=C(NCC(O)N1CCC(N2CCC(c3ccccc3)CC2)C1)c1ccc(F)c(F)c1. The maximum Gasteiger partial charge on any atom is 0.251 e. The Morgan fingerprint density at radius 1 is 1.03 bits per heavy atom. The average Bonchev–Trinajstić information content (AvgIpc) is 3.30. The zero-order valence-electron chi connectivity index (χ0n) is 17.5. The molecule has 0 spiro atoms. The fourth-order valence-electron chi connectivity index (χ4n) is 4.71. The summed E-state index contributed by atoms with van der Waals surface area (Å²) in [4.78, 5) is 16.6. The summed E-state index contributed by atoms with van der Waals surface area (Å²) in [5, 5.41) is 13.1. The van der Waals surface area contributed by atoms with Crippen molar-refractivity contribution >= 4 is 5.91 Å². The number of benzene rings is 2. The Morgan fingerprint density at radius 3 is 2.48 bits per heavy atom. The molecular formula is C24H29F2N3O2. The Morgan fingerprint density at radius 2 is 1.77 bits per heavy atom. The van der Waals surface area contributed by atoms with Gasteiger partial charge in [0.05, 0.1) is 6.54 Å². The van der Waals surface area contributed by atoms with E-state index >= 15 is 0 Å². The van der Waals surface area contributed by atoms with Crippen LogP contribution in [-0.4, -0.2) is 65.8 Å². The normalized spacial score (nSPS) is 21.8. The van der Waals surface area contributed by atoms with Crippen molar-refractivity contribution in [1.82, 2.24) is 15.1 Å². The zero-order chi connectivity index (χ0) is 21.8. The van der Waals surface area contributed by atoms with Crippen molar-refractivity contribution in [2.24, 2.45) is 0 Å². The number of carbonyl (C=O) groups is 1. The molecule has 2 fully saturated rings. The lowest BCUT2D eigenvalue weighted by Gasteiger charge is -2.36. The number of nitrogens with one attached hydrogen (secondary N) is 1. The molecule has 0 radical (unpaired) electrons. The Hall–Kier alpha value is -2.35. The van der Waals surface area contributed by atoms with E-state index in [-0.39, 0.29) is 12.1 Å². The van der Waals surface area contributed by atoms with Crippen LogP contribution in [0.25, 0.3) is 0 Å². The van der Waals surface area contributed by atoms with Crippen molar-refractivity contribution in [1.29, 1.82) is 0 Å². The minimum atomic E-state index is -1.06. The van der Waals surface area contributed by atoms with Crippen LogP contribution in [-0.2, 0) is 0 Å². The summed E-state index contributed by atoms with van der Waals surface area (Å²) in [6, 6.07) is 14.1. The largest absolute Gasteiger partial charge is 0.377 e. The molecule has 0 aromatic heterocycles. The second-order valence-electron chi connectivity index (χ2n) is 8.48. The van der Waals surface area contributed by atoms with Crippen molar-refractivity contribution in [3.63, 3.8) is 0 Å². The lowest BCUT2D eigenvalue weighted by atomic mass is 9.89. The number of amides is 1. The Balaban J connectivity index is 1.22. The number of likely N-dealkylation sites (tertiary alicyclic amines) is 2. The first kappa shape index (κ1) is 21.9. The van der Waals surface area contributed by atoms with Crippen LogP contribution in [0.1, 0.15) is 41.1 Å². The van der Waals surface area contributed by atoms with Crippen LogP contribution in [0, 0.1) is 11.6 Å². The van der Waals surface area contributed by atoms with Crippen molar-refractivity contribution in [2.45, 2.75) is 37.5 Å². The summed E-state index contributed by atoms with van der Waals surface area (Å²) in [7, 11) is 0. The van der Waals surface area contributed by atoms with E-state index in [9.17, 15) is 18.7 Å². The fourth-order valence-corrected chi connectivity index (χ4v) is 4.71. The first-order valence-electron chi connectivity index (χ1n) is 11.0. The Kier molecular flexibility index (Phi) is 6.95. The number of nitrogens with zero attached hydrogens (tertiary/aromatic N) is 2. The summed E-state index contributed by atoms with van der Waals surface area (Å²) in [6.07, 6.45) is 2.48. The molecule has 31 heavy (non-hydrogen) atoms. The van der Waals surface area contributed by atoms with Gasteiger partial charge in [-0.3, -0.25) is 14.6 Å². The summed E-state index contributed by atoms with van der Waals surface area (Å²) in [6.45, 7) is 3.69. The van der Waals surface area contributed by atoms with Gasteiger partial charge in [-0.1, -0.05) is 30.3 Å². The molecule has 7 heteroatoms. The molecule has 2 aliphatic heterocycles. The van der Waals surface area contributed by atoms with Crippen molar-refractivity contribution in [3.8, 4) is 0 Å². The van der Waals surface area contributed by atoms with Gasteiger partial charge in [0.2, 0.25) is 0 Å². The lowest BCUT2D eigenvalue weighted by molar-refractivity contribution is 0.0148. The van der Waals surface area contributed by atoms with Gasteiger partial charge < -0.3 is 10.4 Å². The summed E-state index contributed by atoms with van der Waals surface area (Å²) < 4.78 is 26.3. The third kappa shape index (κ3) is 5.29. The number of carbonyl (C=O) groups excluding carboxylic acids is 1. The van der Waals surface area contributed by atoms with Gasteiger partial charge >= 0.3 is 0 Å². The highest BCUT2D eigenvalue weighted by Gasteiger charge is 2.33. The van der Waals surface area contributed by atoms with Crippen LogP contribution >= 0.6 is 0 Å². The Bertz CT molecular complexity index is 888. The maximum absolute atomic E-state index is 13.3. The van der Waals surface area contributed by atoms with Crippen LogP contribution in [0.15, 0.2) is 48.5 Å². The van der Waals surface area contributed by atoms with Crippen LogP contribution < -0.4 is 5.32 Å². The minimum Gasteiger partial charge on any atom is -0.377 e. The van der Waals surface area contributed by atoms with E-state index < -0.39 is 23.8 Å². The smallest absolute Gasteiger partial charge is 0.251 e. The van der Waals surface area contributed by atoms with Crippen LogP contribution in [0.2, 0.25) is 0 Å². The van der Waals surface area contributed by atoms with Crippen LogP contribution in [0.5, 0.6) is 0 Å². The standard InChI is InChI=1S/C24H29F2N3O2/c25-21-7-6-19(14-22(21)26)24(31)27-15-23(30)29-13-10-20(16-29)28-11-8-18(9-12-28)17-4-2-1-3-5-17/h1-7,14,18,20,23,30H,8-13,15-16H2,(H,27,31). The van der Waals surface area contributed by atoms with Gasteiger partial charge in [-0.25, -0.2) is 8.78 Å². The minimum absolute atomic E-state index is 0.0340. The zero-order valence-corrected chi connectivity index (χ0v) is 17.5. The van der Waals surface area contributed by atoms with Crippen LogP contribution in [0.3, 0.4) is 0 Å². The molecule has 0 saturated carbocycles. The number of aliphatic hydroxyl groups excluding tert-OH is 1. The monoisotopic (exact) mass is 429 g/mol. The molecule has 1 amide bonds. The second-order valence-corrected chi connectivity index (χ2v) is 8.48. The molecule has 2 saturated heterocycles. The van der Waals surface area contributed by atoms with Gasteiger partial charge in [-0.05, 0) is 62.0 Å². The van der Waals surface area contributed by atoms with Gasteiger partial charge in [0.1, 0.15) is 6.23 Å². The third-order valence-corrected chi connectivity index (χ3v) is 6.56. The predicted octanol–water partition coefficient (Wildman–Crippen LogP) is 2.97. The Labute approximate surface area is 181 Å². The van der Waals surface area contributed by atoms with E-state index in [1.54, 1.807) is 0 Å². The summed E-state index contributed by atoms with van der Waals surface area (Å²) >= 11 is 0. The molecule has 2 unspecified atom stereocenters. The van der Waals surface area contributed by atoms with E-state index in [4.69, 9.17) is 0 Å². The average molecular weight is 430 g/mol. The quantitative estimate of drug-likeness (QED) is 0.742. The molecule has 2 aromatic carbocycles. The first-order chi connectivity index (χ1) is 15.0. The number of hydrogen-bond donors (Lipinski definition) is 2. The molecule has 2 heterocycles. The second kappa shape index (κ2) is 9.85. The number of aliphatic hydroxyl groups is 1. The van der Waals surface area contributed by atoms with E-state index in [0.717, 1.165) is 57.6 Å². The van der Waals surface area contributed by atoms with E-state index in [0.29, 0.717) is 12.0 Å². The van der Waals surface area contributed by atoms with Gasteiger partial charge in [-0.15, -0.1) is 0 Å². The molecular weight excluding hydrogens is 400 g/mol. The summed E-state index contributed by atoms with van der Waals surface area (Å²) in [5.74, 6) is -1.97. The van der Waals surface area contributed by atoms with Gasteiger partial charge in [0.25, 0.3) is 5.91 Å². The lowest BCUT2D eigenvalue weighted by Crippen LogP contribution is -2.46. The molecule has 2 atom stereocenters. The number of halogens is 2. The highest BCUT2D eigenvalue weighted by Crippen LogP contribution is 2.30. The molecule has 5 nitrogen and oxygen atoms in total. The number of piperidine rings is 1. The number of hydrogen-bond acceptors (Lipinski definition) is 4. The molecule has 4 rings (SSSR count). The molecule has 2 aliphatic rings. The van der Waals surface area contributed by atoms with E-state index in [1.807, 2.05) is 4.90 Å². The van der Waals surface area contributed by atoms with Crippen molar-refractivity contribution in [3.05, 3.63) is 71.3 Å². The third-order valence-electron chi connectivity index (χ3n) is 6.56. The number of rotatable bonds is 6. The van der Waals surface area contributed by atoms with E-state index in [2.05, 4.69) is 40.5 Å². The fraction of sp³-hybridized carbons (Fsp3) is 0.458. The van der Waals surface area contributed by atoms with Crippen molar-refractivity contribution in [2.75, 3.05) is 32.7 Å². The molecule has 0 bridgehead atoms. The first-order valence-corrected chi connectivity index (χ1v) is 11.0. The van der Waals surface area contributed by atoms with E-state index in [1.165, 1.54) is 11.6 Å².